The maximum absolute atomic E-state index is 4.31. The molecule has 1 atom stereocenters. The van der Waals surface area contributed by atoms with E-state index in [-0.39, 0.29) is 0 Å². The lowest BCUT2D eigenvalue weighted by molar-refractivity contribution is 0.414. The first-order chi connectivity index (χ1) is 9.29. The molecule has 1 saturated heterocycles. The molecule has 0 radical (unpaired) electrons. The van der Waals surface area contributed by atoms with Gasteiger partial charge in [-0.2, -0.15) is 0 Å². The van der Waals surface area contributed by atoms with Gasteiger partial charge < -0.3 is 15.5 Å². The Morgan fingerprint density at radius 1 is 1.42 bits per heavy atom. The number of nitrogens with zero attached hydrogens (tertiary/aromatic N) is 3. The first kappa shape index (κ1) is 14.1. The third kappa shape index (κ3) is 4.35. The molecule has 106 valence electrons. The molecule has 0 bridgehead atoms. The predicted molar refractivity (Wildman–Crippen MR) is 79.7 cm³/mol. The number of hydrogen-bond acceptors (Lipinski definition) is 5. The van der Waals surface area contributed by atoms with Gasteiger partial charge in [0, 0.05) is 32.2 Å². The Labute approximate surface area is 115 Å². The second kappa shape index (κ2) is 7.28. The van der Waals surface area contributed by atoms with Crippen molar-refractivity contribution in [2.45, 2.75) is 38.6 Å². The van der Waals surface area contributed by atoms with E-state index in [2.05, 4.69) is 39.5 Å². The van der Waals surface area contributed by atoms with Crippen LogP contribution in [0.5, 0.6) is 0 Å². The lowest BCUT2D eigenvalue weighted by Crippen LogP contribution is -2.39. The standard InChI is InChI=1S/C14H25N5/c1-3-8-19(2)14-9-13(17-11-18-14)16-10-12-6-4-5-7-15-12/h9,11-12,15H,3-8,10H2,1-2H3,(H,16,17,18). The van der Waals surface area contributed by atoms with Crippen LogP contribution in [0.25, 0.3) is 0 Å². The smallest absolute Gasteiger partial charge is 0.133 e. The molecule has 2 rings (SSSR count). The molecule has 5 heteroatoms. The number of nitrogens with one attached hydrogen (secondary N) is 2. The maximum Gasteiger partial charge on any atom is 0.133 e. The van der Waals surface area contributed by atoms with Crippen molar-refractivity contribution in [2.24, 2.45) is 0 Å². The van der Waals surface area contributed by atoms with Gasteiger partial charge in [-0.25, -0.2) is 9.97 Å². The van der Waals surface area contributed by atoms with Crippen molar-refractivity contribution in [3.8, 4) is 0 Å². The molecule has 1 aliphatic rings. The average molecular weight is 263 g/mol. The Bertz CT molecular complexity index is 376. The van der Waals surface area contributed by atoms with Crippen LogP contribution in [0.1, 0.15) is 32.6 Å². The Hall–Kier alpha value is -1.36. The van der Waals surface area contributed by atoms with E-state index < -0.39 is 0 Å². The van der Waals surface area contributed by atoms with Crippen molar-refractivity contribution >= 4 is 11.6 Å². The number of piperidine rings is 1. The van der Waals surface area contributed by atoms with E-state index in [1.165, 1.54) is 19.3 Å². The maximum atomic E-state index is 4.31. The highest BCUT2D eigenvalue weighted by Crippen LogP contribution is 2.14. The summed E-state index contributed by atoms with van der Waals surface area (Å²) in [6.45, 7) is 5.26. The van der Waals surface area contributed by atoms with E-state index in [9.17, 15) is 0 Å². The summed E-state index contributed by atoms with van der Waals surface area (Å²) >= 11 is 0. The molecule has 1 unspecified atom stereocenters. The molecular weight excluding hydrogens is 238 g/mol. The third-order valence-electron chi connectivity index (χ3n) is 3.54. The lowest BCUT2D eigenvalue weighted by atomic mass is 10.1. The fourth-order valence-corrected chi connectivity index (χ4v) is 2.43. The Morgan fingerprint density at radius 2 is 2.32 bits per heavy atom. The van der Waals surface area contributed by atoms with E-state index in [4.69, 9.17) is 0 Å². The zero-order valence-electron chi connectivity index (χ0n) is 12.0. The molecule has 0 amide bonds. The van der Waals surface area contributed by atoms with Gasteiger partial charge >= 0.3 is 0 Å². The van der Waals surface area contributed by atoms with Gasteiger partial charge in [-0.05, 0) is 25.8 Å². The summed E-state index contributed by atoms with van der Waals surface area (Å²) in [5.41, 5.74) is 0. The molecule has 5 nitrogen and oxygen atoms in total. The molecule has 0 spiro atoms. The SMILES string of the molecule is CCCN(C)c1cc(NCC2CCCCN2)ncn1. The summed E-state index contributed by atoms with van der Waals surface area (Å²) in [5.74, 6) is 1.90. The predicted octanol–water partition coefficient (Wildman–Crippen LogP) is 1.88. The van der Waals surface area contributed by atoms with Gasteiger partial charge in [0.2, 0.25) is 0 Å². The Morgan fingerprint density at radius 3 is 3.05 bits per heavy atom. The first-order valence-corrected chi connectivity index (χ1v) is 7.30. The average Bonchev–Trinajstić information content (AvgIpc) is 2.47. The molecule has 2 heterocycles. The van der Waals surface area contributed by atoms with Gasteiger partial charge in [0.15, 0.2) is 0 Å². The highest BCUT2D eigenvalue weighted by molar-refractivity contribution is 5.47. The van der Waals surface area contributed by atoms with E-state index in [0.29, 0.717) is 6.04 Å². The summed E-state index contributed by atoms with van der Waals surface area (Å²) in [6.07, 6.45) is 6.64. The van der Waals surface area contributed by atoms with Crippen LogP contribution in [0.15, 0.2) is 12.4 Å². The van der Waals surface area contributed by atoms with Crippen LogP contribution in [-0.2, 0) is 0 Å². The summed E-state index contributed by atoms with van der Waals surface area (Å²) in [7, 11) is 2.07. The van der Waals surface area contributed by atoms with E-state index in [1.54, 1.807) is 6.33 Å². The monoisotopic (exact) mass is 263 g/mol. The second-order valence-corrected chi connectivity index (χ2v) is 5.21. The zero-order chi connectivity index (χ0) is 13.5. The Kier molecular flexibility index (Phi) is 5.39. The molecule has 0 aliphatic carbocycles. The Balaban J connectivity index is 1.87. The van der Waals surface area contributed by atoms with Crippen LogP contribution < -0.4 is 15.5 Å². The number of rotatable bonds is 6. The van der Waals surface area contributed by atoms with E-state index in [1.807, 2.05) is 6.07 Å². The van der Waals surface area contributed by atoms with Crippen molar-refractivity contribution < 1.29 is 0 Å². The van der Waals surface area contributed by atoms with Crippen molar-refractivity contribution in [3.05, 3.63) is 12.4 Å². The topological polar surface area (TPSA) is 53.1 Å². The van der Waals surface area contributed by atoms with Crippen molar-refractivity contribution in [3.63, 3.8) is 0 Å². The molecular formula is C14H25N5. The van der Waals surface area contributed by atoms with Crippen LogP contribution >= 0.6 is 0 Å². The lowest BCUT2D eigenvalue weighted by Gasteiger charge is -2.24. The second-order valence-electron chi connectivity index (χ2n) is 5.21. The molecule has 1 aromatic heterocycles. The molecule has 1 aliphatic heterocycles. The van der Waals surface area contributed by atoms with Crippen LogP contribution in [0.3, 0.4) is 0 Å². The minimum atomic E-state index is 0.570. The number of aromatic nitrogens is 2. The molecule has 0 aromatic carbocycles. The van der Waals surface area contributed by atoms with Gasteiger partial charge in [-0.1, -0.05) is 13.3 Å². The van der Waals surface area contributed by atoms with E-state index >= 15 is 0 Å². The van der Waals surface area contributed by atoms with E-state index in [0.717, 1.165) is 37.7 Å². The van der Waals surface area contributed by atoms with Crippen LogP contribution in [-0.4, -0.2) is 42.7 Å². The molecule has 2 N–H and O–H groups in total. The summed E-state index contributed by atoms with van der Waals surface area (Å²) in [6, 6.07) is 2.60. The van der Waals surface area contributed by atoms with Gasteiger partial charge in [0.05, 0.1) is 0 Å². The van der Waals surface area contributed by atoms with Gasteiger partial charge in [0.1, 0.15) is 18.0 Å². The van der Waals surface area contributed by atoms with Crippen molar-refractivity contribution in [2.75, 3.05) is 36.9 Å². The third-order valence-corrected chi connectivity index (χ3v) is 3.54. The zero-order valence-corrected chi connectivity index (χ0v) is 12.0. The molecule has 1 aromatic rings. The number of anilines is 2. The normalized spacial score (nSPS) is 19.2. The minimum absolute atomic E-state index is 0.570. The number of hydrogen-bond donors (Lipinski definition) is 2. The van der Waals surface area contributed by atoms with Gasteiger partial charge in [-0.15, -0.1) is 0 Å². The molecule has 0 saturated carbocycles. The largest absolute Gasteiger partial charge is 0.368 e. The summed E-state index contributed by atoms with van der Waals surface area (Å²) in [4.78, 5) is 10.8. The highest BCUT2D eigenvalue weighted by atomic mass is 15.2. The summed E-state index contributed by atoms with van der Waals surface area (Å²) in [5, 5.41) is 6.94. The van der Waals surface area contributed by atoms with Gasteiger partial charge in [-0.3, -0.25) is 0 Å². The fourth-order valence-electron chi connectivity index (χ4n) is 2.43. The molecule has 1 fully saturated rings. The van der Waals surface area contributed by atoms with Crippen molar-refractivity contribution in [1.29, 1.82) is 0 Å². The summed E-state index contributed by atoms with van der Waals surface area (Å²) < 4.78 is 0. The first-order valence-electron chi connectivity index (χ1n) is 7.30. The highest BCUT2D eigenvalue weighted by Gasteiger charge is 2.12. The quantitative estimate of drug-likeness (QED) is 0.820. The van der Waals surface area contributed by atoms with Crippen LogP contribution in [0, 0.1) is 0 Å². The van der Waals surface area contributed by atoms with Crippen LogP contribution in [0.2, 0.25) is 0 Å². The molecule has 19 heavy (non-hydrogen) atoms. The minimum Gasteiger partial charge on any atom is -0.368 e. The van der Waals surface area contributed by atoms with Crippen molar-refractivity contribution in [1.82, 2.24) is 15.3 Å². The fraction of sp³-hybridized carbons (Fsp3) is 0.714. The van der Waals surface area contributed by atoms with Gasteiger partial charge in [0.25, 0.3) is 0 Å². The van der Waals surface area contributed by atoms with Crippen LogP contribution in [0.4, 0.5) is 11.6 Å².